The molecule has 0 unspecified atom stereocenters. The Bertz CT molecular complexity index is 239. The first-order valence-electron chi connectivity index (χ1n) is 2.73. The number of hydrogen-bond donors (Lipinski definition) is 2. The van der Waals surface area contributed by atoms with Gasteiger partial charge in [0.25, 0.3) is 0 Å². The SMILES string of the molecule is Cc1cc(Br)c(O)c(N)n1. The number of anilines is 1. The van der Waals surface area contributed by atoms with Crippen LogP contribution in [0.5, 0.6) is 5.75 Å². The average molecular weight is 203 g/mol. The zero-order valence-electron chi connectivity index (χ0n) is 5.43. The minimum Gasteiger partial charge on any atom is -0.503 e. The van der Waals surface area contributed by atoms with E-state index >= 15 is 0 Å². The number of aromatic nitrogens is 1. The fourth-order valence-electron chi connectivity index (χ4n) is 0.649. The van der Waals surface area contributed by atoms with Gasteiger partial charge in [-0.2, -0.15) is 0 Å². The highest BCUT2D eigenvalue weighted by molar-refractivity contribution is 9.10. The third kappa shape index (κ3) is 1.21. The van der Waals surface area contributed by atoms with Gasteiger partial charge in [0, 0.05) is 5.69 Å². The topological polar surface area (TPSA) is 59.1 Å². The van der Waals surface area contributed by atoms with Crippen LogP contribution in [0.25, 0.3) is 0 Å². The molecule has 0 aromatic carbocycles. The molecular formula is C6H7BrN2O. The summed E-state index contributed by atoms with van der Waals surface area (Å²) >= 11 is 3.13. The lowest BCUT2D eigenvalue weighted by atomic mass is 10.3. The van der Waals surface area contributed by atoms with E-state index in [0.29, 0.717) is 4.47 Å². The Hall–Kier alpha value is -0.770. The van der Waals surface area contributed by atoms with E-state index in [0.717, 1.165) is 5.69 Å². The summed E-state index contributed by atoms with van der Waals surface area (Å²) in [7, 11) is 0. The molecule has 3 N–H and O–H groups in total. The van der Waals surface area contributed by atoms with Crippen molar-refractivity contribution < 1.29 is 5.11 Å². The van der Waals surface area contributed by atoms with Crippen LogP contribution < -0.4 is 5.73 Å². The summed E-state index contributed by atoms with van der Waals surface area (Å²) in [5.41, 5.74) is 6.11. The zero-order valence-corrected chi connectivity index (χ0v) is 7.01. The monoisotopic (exact) mass is 202 g/mol. The summed E-state index contributed by atoms with van der Waals surface area (Å²) in [6, 6.07) is 1.70. The highest BCUT2D eigenvalue weighted by Crippen LogP contribution is 2.28. The molecule has 1 aromatic heterocycles. The molecule has 0 aliphatic heterocycles. The largest absolute Gasteiger partial charge is 0.503 e. The van der Waals surface area contributed by atoms with Gasteiger partial charge in [0.1, 0.15) is 0 Å². The number of pyridine rings is 1. The lowest BCUT2D eigenvalue weighted by Gasteiger charge is -2.00. The van der Waals surface area contributed by atoms with Crippen LogP contribution in [0.4, 0.5) is 5.82 Å². The van der Waals surface area contributed by atoms with Crippen LogP contribution in [0, 0.1) is 6.92 Å². The number of nitrogens with zero attached hydrogens (tertiary/aromatic N) is 1. The van der Waals surface area contributed by atoms with E-state index in [4.69, 9.17) is 10.8 Å². The van der Waals surface area contributed by atoms with Crippen molar-refractivity contribution >= 4 is 21.7 Å². The molecule has 1 rings (SSSR count). The standard InChI is InChI=1S/C6H7BrN2O/c1-3-2-4(7)5(10)6(8)9-3/h2,10H,1H3,(H2,8,9). The van der Waals surface area contributed by atoms with Crippen LogP contribution in [0.2, 0.25) is 0 Å². The second kappa shape index (κ2) is 2.46. The van der Waals surface area contributed by atoms with Crippen molar-refractivity contribution in [2.24, 2.45) is 0 Å². The molecule has 1 heterocycles. The van der Waals surface area contributed by atoms with Crippen LogP contribution in [0.1, 0.15) is 5.69 Å². The molecule has 4 heteroatoms. The highest BCUT2D eigenvalue weighted by atomic mass is 79.9. The fraction of sp³-hybridized carbons (Fsp3) is 0.167. The quantitative estimate of drug-likeness (QED) is 0.670. The lowest BCUT2D eigenvalue weighted by molar-refractivity contribution is 0.472. The zero-order chi connectivity index (χ0) is 7.72. The molecule has 1 aromatic rings. The normalized spacial score (nSPS) is 9.80. The molecule has 0 fully saturated rings. The van der Waals surface area contributed by atoms with Crippen LogP contribution in [-0.4, -0.2) is 10.1 Å². The smallest absolute Gasteiger partial charge is 0.172 e. The predicted molar refractivity (Wildman–Crippen MR) is 42.8 cm³/mol. The Morgan fingerprint density at radius 1 is 1.70 bits per heavy atom. The number of rotatable bonds is 0. The minimum atomic E-state index is 0.00519. The molecule has 0 aliphatic carbocycles. The van der Waals surface area contributed by atoms with Crippen molar-refractivity contribution in [3.63, 3.8) is 0 Å². The Morgan fingerprint density at radius 3 is 2.80 bits per heavy atom. The third-order valence-corrected chi connectivity index (χ3v) is 1.71. The van der Waals surface area contributed by atoms with Crippen molar-refractivity contribution in [2.75, 3.05) is 5.73 Å². The number of halogens is 1. The van der Waals surface area contributed by atoms with Gasteiger partial charge in [-0.25, -0.2) is 4.98 Å². The summed E-state index contributed by atoms with van der Waals surface area (Å²) < 4.78 is 0.581. The van der Waals surface area contributed by atoms with Gasteiger partial charge in [0.05, 0.1) is 4.47 Å². The van der Waals surface area contributed by atoms with E-state index in [9.17, 15) is 0 Å². The molecule has 0 saturated carbocycles. The molecule has 0 spiro atoms. The predicted octanol–water partition coefficient (Wildman–Crippen LogP) is 1.44. The maximum absolute atomic E-state index is 9.10. The van der Waals surface area contributed by atoms with Gasteiger partial charge in [0.15, 0.2) is 11.6 Å². The molecule has 10 heavy (non-hydrogen) atoms. The van der Waals surface area contributed by atoms with Gasteiger partial charge in [0.2, 0.25) is 0 Å². The summed E-state index contributed by atoms with van der Waals surface area (Å²) in [6.45, 7) is 1.81. The molecular weight excluding hydrogens is 196 g/mol. The van der Waals surface area contributed by atoms with E-state index in [1.165, 1.54) is 0 Å². The van der Waals surface area contributed by atoms with Gasteiger partial charge >= 0.3 is 0 Å². The molecule has 0 radical (unpaired) electrons. The van der Waals surface area contributed by atoms with Gasteiger partial charge in [-0.05, 0) is 28.9 Å². The van der Waals surface area contributed by atoms with Gasteiger partial charge in [-0.15, -0.1) is 0 Å². The summed E-state index contributed by atoms with van der Waals surface area (Å²) in [5.74, 6) is 0.164. The fourth-order valence-corrected chi connectivity index (χ4v) is 1.18. The maximum atomic E-state index is 9.10. The summed E-state index contributed by atoms with van der Waals surface area (Å²) in [4.78, 5) is 3.83. The highest BCUT2D eigenvalue weighted by Gasteiger charge is 2.03. The van der Waals surface area contributed by atoms with E-state index in [-0.39, 0.29) is 11.6 Å². The number of aryl methyl sites for hydroxylation is 1. The lowest BCUT2D eigenvalue weighted by Crippen LogP contribution is -1.92. The van der Waals surface area contributed by atoms with Crippen molar-refractivity contribution in [2.45, 2.75) is 6.92 Å². The number of nitrogen functional groups attached to an aromatic ring is 1. The molecule has 0 saturated heterocycles. The first-order chi connectivity index (χ1) is 4.61. The Balaban J connectivity index is 3.31. The van der Waals surface area contributed by atoms with Gasteiger partial charge < -0.3 is 10.8 Å². The van der Waals surface area contributed by atoms with E-state index in [2.05, 4.69) is 20.9 Å². The van der Waals surface area contributed by atoms with Crippen molar-refractivity contribution in [3.8, 4) is 5.75 Å². The summed E-state index contributed by atoms with van der Waals surface area (Å²) in [6.07, 6.45) is 0. The number of nitrogens with two attached hydrogens (primary N) is 1. The third-order valence-electron chi connectivity index (χ3n) is 1.10. The van der Waals surface area contributed by atoms with Crippen LogP contribution in [0.15, 0.2) is 10.5 Å². The molecule has 54 valence electrons. The van der Waals surface area contributed by atoms with Crippen LogP contribution in [0.3, 0.4) is 0 Å². The average Bonchev–Trinajstić information content (AvgIpc) is 1.82. The van der Waals surface area contributed by atoms with Crippen LogP contribution >= 0.6 is 15.9 Å². The molecule has 0 aliphatic rings. The van der Waals surface area contributed by atoms with Crippen LogP contribution in [-0.2, 0) is 0 Å². The van der Waals surface area contributed by atoms with Crippen molar-refractivity contribution in [1.29, 1.82) is 0 Å². The second-order valence-corrected chi connectivity index (χ2v) is 2.83. The first-order valence-corrected chi connectivity index (χ1v) is 3.52. The van der Waals surface area contributed by atoms with Gasteiger partial charge in [-0.1, -0.05) is 0 Å². The molecule has 0 amide bonds. The van der Waals surface area contributed by atoms with Crippen molar-refractivity contribution in [3.05, 3.63) is 16.2 Å². The first kappa shape index (κ1) is 7.34. The van der Waals surface area contributed by atoms with Gasteiger partial charge in [-0.3, -0.25) is 0 Å². The maximum Gasteiger partial charge on any atom is 0.172 e. The number of aromatic hydroxyl groups is 1. The second-order valence-electron chi connectivity index (χ2n) is 1.98. The van der Waals surface area contributed by atoms with E-state index in [1.807, 2.05) is 0 Å². The van der Waals surface area contributed by atoms with E-state index < -0.39 is 0 Å². The summed E-state index contributed by atoms with van der Waals surface area (Å²) in [5, 5.41) is 9.10. The van der Waals surface area contributed by atoms with E-state index in [1.54, 1.807) is 13.0 Å². The Labute approximate surface area is 67.0 Å². The number of hydrogen-bond acceptors (Lipinski definition) is 3. The molecule has 0 bridgehead atoms. The molecule has 3 nitrogen and oxygen atoms in total. The Morgan fingerprint density at radius 2 is 2.30 bits per heavy atom. The molecule has 0 atom stereocenters. The Kier molecular flexibility index (Phi) is 1.80. The minimum absolute atomic E-state index is 0.00519. The van der Waals surface area contributed by atoms with Crippen molar-refractivity contribution in [1.82, 2.24) is 4.98 Å².